The second-order valence-corrected chi connectivity index (χ2v) is 5.96. The Labute approximate surface area is 164 Å². The molecule has 1 amide bonds. The summed E-state index contributed by atoms with van der Waals surface area (Å²) in [5, 5.41) is 14.9. The van der Waals surface area contributed by atoms with Crippen molar-refractivity contribution in [2.45, 2.75) is 19.9 Å². The summed E-state index contributed by atoms with van der Waals surface area (Å²) < 4.78 is 4.94. The van der Waals surface area contributed by atoms with Crippen molar-refractivity contribution in [2.24, 2.45) is 0 Å². The van der Waals surface area contributed by atoms with Gasteiger partial charge in [0.1, 0.15) is 11.6 Å². The van der Waals surface area contributed by atoms with E-state index < -0.39 is 5.91 Å². The predicted octanol–water partition coefficient (Wildman–Crippen LogP) is 2.72. The minimum atomic E-state index is -0.413. The lowest BCUT2D eigenvalue weighted by Crippen LogP contribution is -2.27. The van der Waals surface area contributed by atoms with E-state index in [1.54, 1.807) is 31.2 Å². The highest BCUT2D eigenvalue weighted by Gasteiger charge is 2.08. The number of benzene rings is 2. The van der Waals surface area contributed by atoms with Crippen molar-refractivity contribution >= 4 is 11.9 Å². The van der Waals surface area contributed by atoms with E-state index in [2.05, 4.69) is 10.6 Å². The van der Waals surface area contributed by atoms with Crippen molar-refractivity contribution in [3.05, 3.63) is 83.1 Å². The standard InChI is InChI=1S/C22H23N3O3/c1-2-28-22(27)19-10-8-18(9-11-19)15-24-16-20(14-23)21(26)25-13-12-17-6-4-3-5-7-17/h3-11,16,24H,2,12-13,15H2,1H3,(H,25,26)/b20-16-. The Morgan fingerprint density at radius 2 is 1.79 bits per heavy atom. The zero-order valence-electron chi connectivity index (χ0n) is 15.8. The van der Waals surface area contributed by atoms with Gasteiger partial charge in [0, 0.05) is 19.3 Å². The molecule has 0 saturated heterocycles. The second kappa shape index (κ2) is 11.2. The van der Waals surface area contributed by atoms with E-state index in [1.807, 2.05) is 36.4 Å². The van der Waals surface area contributed by atoms with Crippen LogP contribution in [0.5, 0.6) is 0 Å². The van der Waals surface area contributed by atoms with Crippen LogP contribution in [0, 0.1) is 11.3 Å². The van der Waals surface area contributed by atoms with Gasteiger partial charge in [-0.2, -0.15) is 5.26 Å². The summed E-state index contributed by atoms with van der Waals surface area (Å²) in [4.78, 5) is 23.7. The smallest absolute Gasteiger partial charge is 0.338 e. The molecule has 144 valence electrons. The van der Waals surface area contributed by atoms with E-state index in [-0.39, 0.29) is 11.5 Å². The second-order valence-electron chi connectivity index (χ2n) is 5.96. The number of nitrogens with zero attached hydrogens (tertiary/aromatic N) is 1. The minimum Gasteiger partial charge on any atom is -0.462 e. The van der Waals surface area contributed by atoms with Crippen LogP contribution in [-0.4, -0.2) is 25.0 Å². The highest BCUT2D eigenvalue weighted by molar-refractivity contribution is 5.97. The Morgan fingerprint density at radius 3 is 2.43 bits per heavy atom. The van der Waals surface area contributed by atoms with Gasteiger partial charge in [-0.15, -0.1) is 0 Å². The van der Waals surface area contributed by atoms with Crippen LogP contribution in [0.1, 0.15) is 28.4 Å². The molecule has 0 fully saturated rings. The molecule has 0 aliphatic carbocycles. The number of hydrogen-bond acceptors (Lipinski definition) is 5. The molecule has 0 radical (unpaired) electrons. The summed E-state index contributed by atoms with van der Waals surface area (Å²) in [6.45, 7) is 2.97. The number of hydrogen-bond donors (Lipinski definition) is 2. The van der Waals surface area contributed by atoms with Gasteiger partial charge in [-0.25, -0.2) is 4.79 Å². The van der Waals surface area contributed by atoms with Gasteiger partial charge in [0.2, 0.25) is 0 Å². The fraction of sp³-hybridized carbons (Fsp3) is 0.227. The Kier molecular flexibility index (Phi) is 8.28. The highest BCUT2D eigenvalue weighted by Crippen LogP contribution is 2.06. The molecule has 2 rings (SSSR count). The fourth-order valence-electron chi connectivity index (χ4n) is 2.45. The lowest BCUT2D eigenvalue weighted by Gasteiger charge is -2.06. The summed E-state index contributed by atoms with van der Waals surface area (Å²) in [7, 11) is 0. The van der Waals surface area contributed by atoms with E-state index >= 15 is 0 Å². The first-order valence-electron chi connectivity index (χ1n) is 9.06. The molecule has 0 saturated carbocycles. The number of carbonyl (C=O) groups excluding carboxylic acids is 2. The topological polar surface area (TPSA) is 91.2 Å². The van der Waals surface area contributed by atoms with Gasteiger partial charge in [0.15, 0.2) is 0 Å². The molecule has 0 spiro atoms. The fourth-order valence-corrected chi connectivity index (χ4v) is 2.45. The van der Waals surface area contributed by atoms with Crippen molar-refractivity contribution in [1.29, 1.82) is 5.26 Å². The van der Waals surface area contributed by atoms with Gasteiger partial charge >= 0.3 is 5.97 Å². The van der Waals surface area contributed by atoms with Gasteiger partial charge in [0.25, 0.3) is 5.91 Å². The normalized spacial score (nSPS) is 10.6. The first kappa shape index (κ1) is 20.7. The SMILES string of the molecule is CCOC(=O)c1ccc(CN/C=C(/C#N)C(=O)NCCc2ccccc2)cc1. The van der Waals surface area contributed by atoms with Crippen LogP contribution < -0.4 is 10.6 Å². The molecule has 0 unspecified atom stereocenters. The average molecular weight is 377 g/mol. The quantitative estimate of drug-likeness (QED) is 0.398. The van der Waals surface area contributed by atoms with E-state index in [0.29, 0.717) is 31.7 Å². The van der Waals surface area contributed by atoms with Gasteiger partial charge < -0.3 is 15.4 Å². The maximum atomic E-state index is 12.1. The van der Waals surface area contributed by atoms with Crippen LogP contribution in [0.4, 0.5) is 0 Å². The van der Waals surface area contributed by atoms with Crippen LogP contribution >= 0.6 is 0 Å². The molecular formula is C22H23N3O3. The molecule has 2 aromatic carbocycles. The minimum absolute atomic E-state index is 0.0104. The Hall–Kier alpha value is -3.59. The molecule has 6 nitrogen and oxygen atoms in total. The molecule has 2 aromatic rings. The third-order valence-corrected chi connectivity index (χ3v) is 3.92. The Morgan fingerprint density at radius 1 is 1.07 bits per heavy atom. The third kappa shape index (κ3) is 6.61. The molecule has 6 heteroatoms. The monoisotopic (exact) mass is 377 g/mol. The molecule has 2 N–H and O–H groups in total. The highest BCUT2D eigenvalue weighted by atomic mass is 16.5. The van der Waals surface area contributed by atoms with E-state index in [9.17, 15) is 14.9 Å². The number of carbonyl (C=O) groups is 2. The van der Waals surface area contributed by atoms with Crippen LogP contribution in [0.25, 0.3) is 0 Å². The number of nitrogens with one attached hydrogen (secondary N) is 2. The maximum absolute atomic E-state index is 12.1. The van der Waals surface area contributed by atoms with Crippen molar-refractivity contribution in [1.82, 2.24) is 10.6 Å². The van der Waals surface area contributed by atoms with Crippen LogP contribution in [0.3, 0.4) is 0 Å². The number of amides is 1. The van der Waals surface area contributed by atoms with Gasteiger partial charge in [-0.3, -0.25) is 4.79 Å². The first-order chi connectivity index (χ1) is 13.6. The van der Waals surface area contributed by atoms with Gasteiger partial charge in [-0.05, 0) is 36.6 Å². The van der Waals surface area contributed by atoms with Crippen molar-refractivity contribution in [3.8, 4) is 6.07 Å². The van der Waals surface area contributed by atoms with Crippen molar-refractivity contribution < 1.29 is 14.3 Å². The average Bonchev–Trinajstić information content (AvgIpc) is 2.72. The molecule has 0 aromatic heterocycles. The van der Waals surface area contributed by atoms with E-state index in [0.717, 1.165) is 11.1 Å². The summed E-state index contributed by atoms with van der Waals surface area (Å²) in [5.74, 6) is -0.774. The van der Waals surface area contributed by atoms with Gasteiger partial charge in [-0.1, -0.05) is 42.5 Å². The molecular weight excluding hydrogens is 354 g/mol. The molecule has 0 aliphatic heterocycles. The van der Waals surface area contributed by atoms with Crippen LogP contribution in [-0.2, 0) is 22.5 Å². The molecule has 28 heavy (non-hydrogen) atoms. The largest absolute Gasteiger partial charge is 0.462 e. The summed E-state index contributed by atoms with van der Waals surface area (Å²) in [6, 6.07) is 18.6. The lowest BCUT2D eigenvalue weighted by atomic mass is 10.1. The zero-order chi connectivity index (χ0) is 20.2. The maximum Gasteiger partial charge on any atom is 0.338 e. The Balaban J connectivity index is 1.81. The van der Waals surface area contributed by atoms with Crippen LogP contribution in [0.2, 0.25) is 0 Å². The predicted molar refractivity (Wildman–Crippen MR) is 106 cm³/mol. The van der Waals surface area contributed by atoms with Crippen LogP contribution in [0.15, 0.2) is 66.4 Å². The van der Waals surface area contributed by atoms with E-state index in [4.69, 9.17) is 4.74 Å². The molecule has 0 atom stereocenters. The summed E-state index contributed by atoms with van der Waals surface area (Å²) in [5.41, 5.74) is 2.52. The lowest BCUT2D eigenvalue weighted by molar-refractivity contribution is -0.117. The molecule has 0 aliphatic rings. The number of ether oxygens (including phenoxy) is 1. The van der Waals surface area contributed by atoms with Crippen molar-refractivity contribution in [2.75, 3.05) is 13.2 Å². The zero-order valence-corrected chi connectivity index (χ0v) is 15.8. The molecule has 0 bridgehead atoms. The number of nitriles is 1. The van der Waals surface area contributed by atoms with Gasteiger partial charge in [0.05, 0.1) is 12.2 Å². The van der Waals surface area contributed by atoms with Crippen molar-refractivity contribution in [3.63, 3.8) is 0 Å². The molecule has 0 heterocycles. The van der Waals surface area contributed by atoms with E-state index in [1.165, 1.54) is 6.20 Å². The number of rotatable bonds is 9. The third-order valence-electron chi connectivity index (χ3n) is 3.92. The number of esters is 1. The first-order valence-corrected chi connectivity index (χ1v) is 9.06. The Bertz CT molecular complexity index is 853. The summed E-state index contributed by atoms with van der Waals surface area (Å²) in [6.07, 6.45) is 2.10. The summed E-state index contributed by atoms with van der Waals surface area (Å²) >= 11 is 0.